The Hall–Kier alpha value is -3.18. The largest absolute Gasteiger partial charge is 0.325 e. The van der Waals surface area contributed by atoms with Crippen molar-refractivity contribution in [2.45, 2.75) is 4.34 Å². The maximum atomic E-state index is 12.5. The molecule has 0 atom stereocenters. The van der Waals surface area contributed by atoms with Crippen molar-refractivity contribution < 1.29 is 14.5 Å². The number of rotatable bonds is 7. The van der Waals surface area contributed by atoms with Gasteiger partial charge in [-0.1, -0.05) is 35.0 Å². The van der Waals surface area contributed by atoms with E-state index in [4.69, 9.17) is 23.2 Å². The molecule has 0 aliphatic heterocycles. The van der Waals surface area contributed by atoms with E-state index in [2.05, 4.69) is 15.6 Å². The highest BCUT2D eigenvalue weighted by atomic mass is 35.5. The summed E-state index contributed by atoms with van der Waals surface area (Å²) in [6, 6.07) is 15.6. The Labute approximate surface area is 211 Å². The van der Waals surface area contributed by atoms with Crippen molar-refractivity contribution in [3.63, 3.8) is 0 Å². The summed E-state index contributed by atoms with van der Waals surface area (Å²) < 4.78 is 1.54. The van der Waals surface area contributed by atoms with Crippen molar-refractivity contribution in [3.05, 3.63) is 86.4 Å². The number of amides is 2. The average molecular weight is 533 g/mol. The van der Waals surface area contributed by atoms with Crippen molar-refractivity contribution >= 4 is 85.4 Å². The SMILES string of the molecule is O=C(CSc1nc2ccc(NC(=O)c3ccc(Cl)cc3Cl)cc2s1)Nc1ccc([N+](=O)[O-])cc1. The third-order valence-electron chi connectivity index (χ3n) is 4.49. The minimum absolute atomic E-state index is 0.0475. The molecule has 0 aliphatic carbocycles. The van der Waals surface area contributed by atoms with Gasteiger partial charge in [-0.3, -0.25) is 19.7 Å². The topological polar surface area (TPSA) is 114 Å². The number of nitrogens with one attached hydrogen (secondary N) is 2. The molecule has 0 spiro atoms. The van der Waals surface area contributed by atoms with Crippen LogP contribution < -0.4 is 10.6 Å². The fraction of sp³-hybridized carbons (Fsp3) is 0.0455. The lowest BCUT2D eigenvalue weighted by atomic mass is 10.2. The normalized spacial score (nSPS) is 10.8. The quantitative estimate of drug-likeness (QED) is 0.159. The van der Waals surface area contributed by atoms with E-state index in [0.29, 0.717) is 26.3 Å². The summed E-state index contributed by atoms with van der Waals surface area (Å²) in [5.74, 6) is -0.496. The maximum Gasteiger partial charge on any atom is 0.269 e. The predicted octanol–water partition coefficient (Wildman–Crippen LogP) is 6.49. The van der Waals surface area contributed by atoms with Crippen LogP contribution in [-0.4, -0.2) is 27.5 Å². The van der Waals surface area contributed by atoms with Gasteiger partial charge in [0.2, 0.25) is 5.91 Å². The molecule has 0 aliphatic rings. The van der Waals surface area contributed by atoms with Crippen LogP contribution in [0, 0.1) is 10.1 Å². The number of carbonyl (C=O) groups excluding carboxylic acids is 2. The number of benzene rings is 3. The number of fused-ring (bicyclic) bond motifs is 1. The van der Waals surface area contributed by atoms with Gasteiger partial charge in [-0.15, -0.1) is 11.3 Å². The first kappa shape index (κ1) is 24.0. The number of hydrogen-bond donors (Lipinski definition) is 2. The molecular weight excluding hydrogens is 519 g/mol. The van der Waals surface area contributed by atoms with Gasteiger partial charge >= 0.3 is 0 Å². The molecule has 2 N–H and O–H groups in total. The zero-order valence-corrected chi connectivity index (χ0v) is 20.2. The Balaban J connectivity index is 1.37. The third-order valence-corrected chi connectivity index (χ3v) is 7.20. The predicted molar refractivity (Wildman–Crippen MR) is 136 cm³/mol. The van der Waals surface area contributed by atoms with Gasteiger partial charge in [0.25, 0.3) is 11.6 Å². The molecule has 1 aromatic heterocycles. The number of anilines is 2. The number of halogens is 2. The van der Waals surface area contributed by atoms with Gasteiger partial charge < -0.3 is 10.6 Å². The summed E-state index contributed by atoms with van der Waals surface area (Å²) in [6.45, 7) is 0. The summed E-state index contributed by atoms with van der Waals surface area (Å²) in [5.41, 5.74) is 2.06. The molecular formula is C22H14Cl2N4O4S2. The second kappa shape index (κ2) is 10.4. The summed E-state index contributed by atoms with van der Waals surface area (Å²) in [7, 11) is 0. The van der Waals surface area contributed by atoms with Crippen molar-refractivity contribution in [1.82, 2.24) is 4.98 Å². The van der Waals surface area contributed by atoms with Gasteiger partial charge in [0.1, 0.15) is 0 Å². The molecule has 8 nitrogen and oxygen atoms in total. The lowest BCUT2D eigenvalue weighted by Crippen LogP contribution is -2.13. The number of thioether (sulfide) groups is 1. The summed E-state index contributed by atoms with van der Waals surface area (Å²) in [6.07, 6.45) is 0. The van der Waals surface area contributed by atoms with Crippen molar-refractivity contribution in [2.24, 2.45) is 0 Å². The van der Waals surface area contributed by atoms with E-state index < -0.39 is 4.92 Å². The Kier molecular flexibility index (Phi) is 7.32. The molecule has 172 valence electrons. The second-order valence-corrected chi connectivity index (χ2v) is 9.98. The highest BCUT2D eigenvalue weighted by Crippen LogP contribution is 2.32. The number of nitrogens with zero attached hydrogens (tertiary/aromatic N) is 2. The Morgan fingerprint density at radius 1 is 1.00 bits per heavy atom. The maximum absolute atomic E-state index is 12.5. The van der Waals surface area contributed by atoms with Gasteiger partial charge in [0.15, 0.2) is 4.34 Å². The standard InChI is InChI=1S/C22H14Cl2N4O4S2/c23-12-1-7-16(17(24)9-12)21(30)26-14-4-8-18-19(10-14)34-22(27-18)33-11-20(29)25-13-2-5-15(6-3-13)28(31)32/h1-10H,11H2,(H,25,29)(H,26,30). The van der Waals surface area contributed by atoms with Crippen LogP contribution >= 0.6 is 46.3 Å². The monoisotopic (exact) mass is 532 g/mol. The van der Waals surface area contributed by atoms with Gasteiger partial charge in [-0.05, 0) is 48.5 Å². The first-order valence-corrected chi connectivity index (χ1v) is 12.2. The van der Waals surface area contributed by atoms with Crippen LogP contribution in [0.2, 0.25) is 10.0 Å². The molecule has 0 saturated carbocycles. The van der Waals surface area contributed by atoms with E-state index >= 15 is 0 Å². The Bertz CT molecular complexity index is 1410. The summed E-state index contributed by atoms with van der Waals surface area (Å²) in [4.78, 5) is 39.5. The van der Waals surface area contributed by atoms with E-state index in [1.165, 1.54) is 53.4 Å². The van der Waals surface area contributed by atoms with Crippen LogP contribution in [0.4, 0.5) is 17.1 Å². The fourth-order valence-corrected chi connectivity index (χ4v) is 5.31. The van der Waals surface area contributed by atoms with E-state index in [0.717, 1.165) is 10.2 Å². The van der Waals surface area contributed by atoms with Gasteiger partial charge in [0.05, 0.1) is 31.5 Å². The molecule has 0 radical (unpaired) electrons. The van der Waals surface area contributed by atoms with E-state index in [1.807, 2.05) is 0 Å². The van der Waals surface area contributed by atoms with Gasteiger partial charge in [0, 0.05) is 28.5 Å². The summed E-state index contributed by atoms with van der Waals surface area (Å²) in [5, 5.41) is 16.9. The van der Waals surface area contributed by atoms with Crippen molar-refractivity contribution in [2.75, 3.05) is 16.4 Å². The zero-order chi connectivity index (χ0) is 24.2. The number of nitro groups is 1. The number of aromatic nitrogens is 1. The van der Waals surface area contributed by atoms with Crippen LogP contribution in [0.15, 0.2) is 65.0 Å². The third kappa shape index (κ3) is 5.84. The first-order valence-electron chi connectivity index (χ1n) is 9.62. The molecule has 4 rings (SSSR count). The fourth-order valence-electron chi connectivity index (χ4n) is 2.91. The molecule has 2 amide bonds. The Morgan fingerprint density at radius 3 is 2.44 bits per heavy atom. The number of non-ortho nitro benzene ring substituents is 1. The van der Waals surface area contributed by atoms with Crippen molar-refractivity contribution in [3.8, 4) is 0 Å². The average Bonchev–Trinajstić information content (AvgIpc) is 3.20. The van der Waals surface area contributed by atoms with E-state index in [-0.39, 0.29) is 28.3 Å². The first-order chi connectivity index (χ1) is 16.3. The number of hydrogen-bond acceptors (Lipinski definition) is 7. The highest BCUT2D eigenvalue weighted by Gasteiger charge is 2.13. The second-order valence-electron chi connectivity index (χ2n) is 6.88. The molecule has 0 unspecified atom stereocenters. The molecule has 3 aromatic carbocycles. The molecule has 34 heavy (non-hydrogen) atoms. The molecule has 1 heterocycles. The smallest absolute Gasteiger partial charge is 0.269 e. The summed E-state index contributed by atoms with van der Waals surface area (Å²) >= 11 is 14.7. The van der Waals surface area contributed by atoms with Crippen LogP contribution in [0.25, 0.3) is 10.2 Å². The lowest BCUT2D eigenvalue weighted by molar-refractivity contribution is -0.384. The minimum Gasteiger partial charge on any atom is -0.325 e. The molecule has 12 heteroatoms. The Morgan fingerprint density at radius 2 is 1.74 bits per heavy atom. The van der Waals surface area contributed by atoms with Crippen LogP contribution in [0.3, 0.4) is 0 Å². The molecule has 0 saturated heterocycles. The van der Waals surface area contributed by atoms with Crippen LogP contribution in [0.5, 0.6) is 0 Å². The lowest BCUT2D eigenvalue weighted by Gasteiger charge is -2.07. The van der Waals surface area contributed by atoms with Crippen LogP contribution in [0.1, 0.15) is 10.4 Å². The zero-order valence-electron chi connectivity index (χ0n) is 17.1. The highest BCUT2D eigenvalue weighted by molar-refractivity contribution is 8.01. The van der Waals surface area contributed by atoms with Gasteiger partial charge in [-0.2, -0.15) is 0 Å². The van der Waals surface area contributed by atoms with Crippen LogP contribution in [-0.2, 0) is 4.79 Å². The number of carbonyl (C=O) groups is 2. The van der Waals surface area contributed by atoms with Crippen molar-refractivity contribution in [1.29, 1.82) is 0 Å². The number of nitro benzene ring substituents is 1. The molecule has 0 fully saturated rings. The van der Waals surface area contributed by atoms with Gasteiger partial charge in [-0.25, -0.2) is 4.98 Å². The molecule has 4 aromatic rings. The molecule has 0 bridgehead atoms. The van der Waals surface area contributed by atoms with E-state index in [9.17, 15) is 19.7 Å². The minimum atomic E-state index is -0.502. The number of thiazole rings is 1. The van der Waals surface area contributed by atoms with E-state index in [1.54, 1.807) is 30.3 Å².